The molecule has 1 aliphatic heterocycles. The topological polar surface area (TPSA) is 32.3 Å². The Labute approximate surface area is 194 Å². The van der Waals surface area contributed by atoms with Gasteiger partial charge in [0.05, 0.1) is 11.5 Å². The Morgan fingerprint density at radius 2 is 1.94 bits per heavy atom. The van der Waals surface area contributed by atoms with Crippen molar-refractivity contribution < 1.29 is 18.0 Å². The largest absolute Gasteiger partial charge is 0.417 e. The molecule has 1 fully saturated rings. The van der Waals surface area contributed by atoms with Crippen molar-refractivity contribution in [2.24, 2.45) is 17.8 Å². The summed E-state index contributed by atoms with van der Waals surface area (Å²) in [6.45, 7) is 5.91. The summed E-state index contributed by atoms with van der Waals surface area (Å²) in [5.41, 5.74) is 1.42. The fourth-order valence-corrected chi connectivity index (χ4v) is 5.16. The van der Waals surface area contributed by atoms with Crippen molar-refractivity contribution in [2.75, 3.05) is 11.9 Å². The minimum Gasteiger partial charge on any atom is -0.371 e. The molecule has 4 rings (SSSR count). The van der Waals surface area contributed by atoms with Crippen molar-refractivity contribution in [3.8, 4) is 0 Å². The number of amides is 1. The molecule has 2 aromatic rings. The Balaban J connectivity index is 1.52. The lowest BCUT2D eigenvalue weighted by Gasteiger charge is -2.45. The fourth-order valence-electron chi connectivity index (χ4n) is 4.69. The second-order valence-corrected chi connectivity index (χ2v) is 9.18. The summed E-state index contributed by atoms with van der Waals surface area (Å²) >= 11 is 2.94. The monoisotopic (exact) mass is 504 g/mol. The molecule has 1 saturated heterocycles. The highest BCUT2D eigenvalue weighted by Crippen LogP contribution is 2.43. The summed E-state index contributed by atoms with van der Waals surface area (Å²) in [5, 5.41) is 2.72. The lowest BCUT2D eigenvalue weighted by molar-refractivity contribution is -0.138. The molecule has 2 aromatic carbocycles. The summed E-state index contributed by atoms with van der Waals surface area (Å²) in [6, 6.07) is 13.9. The van der Waals surface area contributed by atoms with E-state index in [1.54, 1.807) is 0 Å². The van der Waals surface area contributed by atoms with Gasteiger partial charge in [-0.2, -0.15) is 13.2 Å². The summed E-state index contributed by atoms with van der Waals surface area (Å²) in [6.07, 6.45) is 1.10. The van der Waals surface area contributed by atoms with Gasteiger partial charge in [-0.25, -0.2) is 0 Å². The number of nitrogens with one attached hydrogen (secondary N) is 1. The molecule has 0 aromatic heterocycles. The molecule has 3 atom stereocenters. The van der Waals surface area contributed by atoms with E-state index < -0.39 is 11.7 Å². The molecule has 3 nitrogen and oxygen atoms in total. The quantitative estimate of drug-likeness (QED) is 0.473. The number of fused-ring (bicyclic) bond motifs is 1. The molecule has 32 heavy (non-hydrogen) atoms. The van der Waals surface area contributed by atoms with Crippen molar-refractivity contribution >= 4 is 27.5 Å². The van der Waals surface area contributed by atoms with Gasteiger partial charge < -0.3 is 10.2 Å². The van der Waals surface area contributed by atoms with Crippen molar-refractivity contribution in [3.05, 3.63) is 88.6 Å². The summed E-state index contributed by atoms with van der Waals surface area (Å²) in [4.78, 5) is 15.4. The van der Waals surface area contributed by atoms with Crippen LogP contribution < -0.4 is 5.32 Å². The molecule has 1 amide bonds. The first kappa shape index (κ1) is 22.6. The normalized spacial score (nSPS) is 23.1. The molecule has 7 heteroatoms. The van der Waals surface area contributed by atoms with Crippen LogP contribution in [0, 0.1) is 17.8 Å². The number of halogens is 4. The summed E-state index contributed by atoms with van der Waals surface area (Å²) in [7, 11) is 0. The van der Waals surface area contributed by atoms with E-state index in [1.807, 2.05) is 24.3 Å². The number of carbonyl (C=O) groups is 1. The molecule has 1 N–H and O–H groups in total. The molecule has 2 aliphatic rings. The maximum Gasteiger partial charge on any atom is 0.417 e. The van der Waals surface area contributed by atoms with E-state index in [0.717, 1.165) is 31.3 Å². The molecular formula is C25H24BrF3N2O. The molecule has 0 bridgehead atoms. The van der Waals surface area contributed by atoms with Crippen LogP contribution in [-0.2, 0) is 17.5 Å². The number of nitrogens with zero attached hydrogens (tertiary/aromatic N) is 1. The highest BCUT2D eigenvalue weighted by atomic mass is 79.9. The fraction of sp³-hybridized carbons (Fsp3) is 0.320. The average Bonchev–Trinajstić information content (AvgIpc) is 2.76. The van der Waals surface area contributed by atoms with Crippen molar-refractivity contribution in [2.45, 2.75) is 25.6 Å². The maximum absolute atomic E-state index is 13.2. The highest BCUT2D eigenvalue weighted by Gasteiger charge is 2.41. The number of rotatable bonds is 4. The maximum atomic E-state index is 13.2. The van der Waals surface area contributed by atoms with Gasteiger partial charge in [-0.05, 0) is 42.5 Å². The van der Waals surface area contributed by atoms with Gasteiger partial charge in [0.25, 0.3) is 0 Å². The Kier molecular flexibility index (Phi) is 6.47. The lowest BCUT2D eigenvalue weighted by Crippen LogP contribution is -2.44. The predicted octanol–water partition coefficient (Wildman–Crippen LogP) is 6.63. The van der Waals surface area contributed by atoms with Crippen LogP contribution >= 0.6 is 15.9 Å². The number of carbonyl (C=O) groups excluding carboxylic acids is 1. The van der Waals surface area contributed by atoms with E-state index >= 15 is 0 Å². The van der Waals surface area contributed by atoms with E-state index in [4.69, 9.17) is 0 Å². The van der Waals surface area contributed by atoms with Crippen molar-refractivity contribution in [3.63, 3.8) is 0 Å². The average molecular weight is 505 g/mol. The molecule has 0 radical (unpaired) electrons. The van der Waals surface area contributed by atoms with Gasteiger partial charge in [0.1, 0.15) is 0 Å². The standard InChI is InChI=1S/C25H24BrF3N2O/c1-16-23-18(12-13-31(16)15-17-6-3-2-4-7-17)8-5-9-20(23)24(32)30-19-10-11-22(26)21(14-19)25(27,28)29/h2-8,10-11,14,18,20,23H,1,9,12-13,15H2,(H,30,32)/t18?,20-,23?/m0/s1. The molecule has 0 saturated carbocycles. The van der Waals surface area contributed by atoms with Gasteiger partial charge in [-0.1, -0.05) is 65.0 Å². The first-order chi connectivity index (χ1) is 15.2. The Bertz CT molecular complexity index is 1040. The molecule has 1 aliphatic carbocycles. The van der Waals surface area contributed by atoms with E-state index in [2.05, 4.69) is 50.9 Å². The Hall–Kier alpha value is -2.54. The van der Waals surface area contributed by atoms with Crippen LogP contribution in [0.2, 0.25) is 0 Å². The first-order valence-electron chi connectivity index (χ1n) is 10.6. The third kappa shape index (κ3) is 4.77. The van der Waals surface area contributed by atoms with Gasteiger partial charge in [0.15, 0.2) is 0 Å². The zero-order chi connectivity index (χ0) is 22.9. The number of piperidine rings is 1. The van der Waals surface area contributed by atoms with Gasteiger partial charge in [0.2, 0.25) is 5.91 Å². The van der Waals surface area contributed by atoms with E-state index in [0.29, 0.717) is 6.42 Å². The lowest BCUT2D eigenvalue weighted by atomic mass is 9.70. The van der Waals surface area contributed by atoms with Crippen LogP contribution in [0.1, 0.15) is 24.0 Å². The van der Waals surface area contributed by atoms with Crippen molar-refractivity contribution in [1.82, 2.24) is 4.90 Å². The van der Waals surface area contributed by atoms with Crippen LogP contribution in [0.5, 0.6) is 0 Å². The van der Waals surface area contributed by atoms with E-state index in [9.17, 15) is 18.0 Å². The molecule has 0 spiro atoms. The number of likely N-dealkylation sites (tertiary alicyclic amines) is 1. The number of benzene rings is 2. The second kappa shape index (κ2) is 9.14. The molecular weight excluding hydrogens is 481 g/mol. The van der Waals surface area contributed by atoms with Gasteiger partial charge in [-0.3, -0.25) is 4.79 Å². The summed E-state index contributed by atoms with van der Waals surface area (Å²) in [5.74, 6) is -0.527. The predicted molar refractivity (Wildman–Crippen MR) is 123 cm³/mol. The Morgan fingerprint density at radius 3 is 2.66 bits per heavy atom. The third-order valence-electron chi connectivity index (χ3n) is 6.28. The van der Waals surface area contributed by atoms with Gasteiger partial charge >= 0.3 is 6.18 Å². The minimum absolute atomic E-state index is 0.0547. The minimum atomic E-state index is -4.51. The molecule has 2 unspecified atom stereocenters. The first-order valence-corrected chi connectivity index (χ1v) is 11.4. The van der Waals surface area contributed by atoms with E-state index in [-0.39, 0.29) is 33.8 Å². The van der Waals surface area contributed by atoms with Crippen LogP contribution in [0.4, 0.5) is 18.9 Å². The zero-order valence-electron chi connectivity index (χ0n) is 17.4. The van der Waals surface area contributed by atoms with Crippen LogP contribution in [0.3, 0.4) is 0 Å². The third-order valence-corrected chi connectivity index (χ3v) is 6.98. The number of anilines is 1. The highest BCUT2D eigenvalue weighted by molar-refractivity contribution is 9.10. The number of hydrogen-bond acceptors (Lipinski definition) is 2. The molecule has 168 valence electrons. The van der Waals surface area contributed by atoms with Crippen molar-refractivity contribution in [1.29, 1.82) is 0 Å². The van der Waals surface area contributed by atoms with Crippen LogP contribution in [0.15, 0.2) is 77.4 Å². The summed E-state index contributed by atoms with van der Waals surface area (Å²) < 4.78 is 39.7. The van der Waals surface area contributed by atoms with Crippen LogP contribution in [0.25, 0.3) is 0 Å². The van der Waals surface area contributed by atoms with Gasteiger partial charge in [-0.15, -0.1) is 0 Å². The number of alkyl halides is 3. The Morgan fingerprint density at radius 1 is 1.19 bits per heavy atom. The molecule has 1 heterocycles. The second-order valence-electron chi connectivity index (χ2n) is 8.33. The zero-order valence-corrected chi connectivity index (χ0v) is 19.0. The smallest absolute Gasteiger partial charge is 0.371 e. The SMILES string of the molecule is C=C1C2C(C=CC[C@@H]2C(=O)Nc2ccc(Br)c(C(F)(F)F)c2)CCN1Cc1ccccc1. The van der Waals surface area contributed by atoms with Crippen LogP contribution in [-0.4, -0.2) is 17.4 Å². The number of allylic oxidation sites excluding steroid dienone is 3. The van der Waals surface area contributed by atoms with Gasteiger partial charge in [0, 0.05) is 34.9 Å². The number of hydrogen-bond donors (Lipinski definition) is 1. The van der Waals surface area contributed by atoms with E-state index in [1.165, 1.54) is 17.7 Å².